The van der Waals surface area contributed by atoms with E-state index in [9.17, 15) is 0 Å². The van der Waals surface area contributed by atoms with E-state index >= 15 is 0 Å². The van der Waals surface area contributed by atoms with Crippen molar-refractivity contribution >= 4 is 40.3 Å². The van der Waals surface area contributed by atoms with Gasteiger partial charge in [0.15, 0.2) is 7.22 Å². The lowest BCUT2D eigenvalue weighted by Gasteiger charge is -2.43. The first kappa shape index (κ1) is 17.4. The molecule has 0 aliphatic heterocycles. The van der Waals surface area contributed by atoms with Crippen LogP contribution < -0.4 is 10.4 Å². The maximum Gasteiger partial charge on any atom is 0.183 e. The number of hydrogen-bond acceptors (Lipinski definition) is 4. The SMILES string of the molecule is CC(C)(C)[Si](SCc1csnn1)(c1ccccc1)c1ccccc1. The predicted molar refractivity (Wildman–Crippen MR) is 109 cm³/mol. The van der Waals surface area contributed by atoms with Crippen LogP contribution in [0.15, 0.2) is 66.0 Å². The standard InChI is InChI=1S/C19H22N2S2Si/c1-19(2,3)24(17-10-6-4-7-11-17,18-12-8-5-9-13-18)23-15-16-14-22-21-20-16/h4-14H,15H2,1-3H3. The first-order chi connectivity index (χ1) is 11.5. The van der Waals surface area contributed by atoms with Crippen LogP contribution in [0.25, 0.3) is 0 Å². The summed E-state index contributed by atoms with van der Waals surface area (Å²) in [6.45, 7) is 7.14. The van der Waals surface area contributed by atoms with Gasteiger partial charge in [-0.15, -0.1) is 5.10 Å². The molecule has 0 N–H and O–H groups in total. The molecule has 0 saturated heterocycles. The Morgan fingerprint density at radius 3 is 1.88 bits per heavy atom. The summed E-state index contributed by atoms with van der Waals surface area (Å²) in [6, 6.07) is 22.1. The second kappa shape index (κ2) is 7.21. The Balaban J connectivity index is 2.13. The molecule has 0 aliphatic carbocycles. The van der Waals surface area contributed by atoms with Gasteiger partial charge in [-0.05, 0) is 26.9 Å². The topological polar surface area (TPSA) is 25.8 Å². The highest BCUT2D eigenvalue weighted by atomic mass is 32.4. The summed E-state index contributed by atoms with van der Waals surface area (Å²) in [6.07, 6.45) is 0. The van der Waals surface area contributed by atoms with Crippen molar-refractivity contribution in [3.8, 4) is 0 Å². The Morgan fingerprint density at radius 1 is 0.917 bits per heavy atom. The molecule has 5 heteroatoms. The van der Waals surface area contributed by atoms with Crippen molar-refractivity contribution in [3.63, 3.8) is 0 Å². The van der Waals surface area contributed by atoms with Crippen LogP contribution in [0, 0.1) is 0 Å². The molecule has 0 unspecified atom stereocenters. The van der Waals surface area contributed by atoms with Gasteiger partial charge in [0, 0.05) is 11.1 Å². The molecule has 1 aromatic heterocycles. The zero-order chi connectivity index (χ0) is 17.0. The maximum absolute atomic E-state index is 4.26. The predicted octanol–water partition coefficient (Wildman–Crippen LogP) is 4.33. The number of benzene rings is 2. The monoisotopic (exact) mass is 370 g/mol. The molecule has 2 nitrogen and oxygen atoms in total. The average molecular weight is 371 g/mol. The third-order valence-electron chi connectivity index (χ3n) is 4.26. The van der Waals surface area contributed by atoms with E-state index in [0.717, 1.165) is 11.4 Å². The number of rotatable bonds is 5. The van der Waals surface area contributed by atoms with Gasteiger partial charge < -0.3 is 0 Å². The smallest absolute Gasteiger partial charge is 0.167 e. The van der Waals surface area contributed by atoms with Crippen LogP contribution in [0.4, 0.5) is 0 Å². The lowest BCUT2D eigenvalue weighted by atomic mass is 10.2. The summed E-state index contributed by atoms with van der Waals surface area (Å²) < 4.78 is 4.02. The van der Waals surface area contributed by atoms with E-state index in [1.165, 1.54) is 21.9 Å². The van der Waals surface area contributed by atoms with Crippen molar-refractivity contribution < 1.29 is 0 Å². The minimum atomic E-state index is -2.05. The lowest BCUT2D eigenvalue weighted by molar-refractivity contribution is 0.745. The number of nitrogens with zero attached hydrogens (tertiary/aromatic N) is 2. The van der Waals surface area contributed by atoms with Crippen molar-refractivity contribution in [2.45, 2.75) is 31.6 Å². The van der Waals surface area contributed by atoms with E-state index < -0.39 is 7.22 Å². The van der Waals surface area contributed by atoms with Crippen molar-refractivity contribution in [1.82, 2.24) is 9.59 Å². The molecular weight excluding hydrogens is 348 g/mol. The summed E-state index contributed by atoms with van der Waals surface area (Å²) in [5.74, 6) is 0.907. The van der Waals surface area contributed by atoms with Gasteiger partial charge in [-0.1, -0.05) is 85.9 Å². The van der Waals surface area contributed by atoms with E-state index in [0.29, 0.717) is 0 Å². The van der Waals surface area contributed by atoms with Crippen LogP contribution in [0.2, 0.25) is 5.04 Å². The highest BCUT2D eigenvalue weighted by molar-refractivity contribution is 8.31. The van der Waals surface area contributed by atoms with Crippen LogP contribution in [0.5, 0.6) is 0 Å². The largest absolute Gasteiger partial charge is 0.183 e. The molecule has 0 aliphatic rings. The van der Waals surface area contributed by atoms with Crippen molar-refractivity contribution in [2.75, 3.05) is 0 Å². The van der Waals surface area contributed by atoms with Crippen molar-refractivity contribution in [1.29, 1.82) is 0 Å². The maximum atomic E-state index is 4.26. The van der Waals surface area contributed by atoms with Crippen molar-refractivity contribution in [2.24, 2.45) is 0 Å². The van der Waals surface area contributed by atoms with Gasteiger partial charge in [-0.3, -0.25) is 0 Å². The molecule has 0 saturated carbocycles. The normalized spacial score (nSPS) is 12.3. The summed E-state index contributed by atoms with van der Waals surface area (Å²) in [5, 5.41) is 9.43. The van der Waals surface area contributed by atoms with E-state index in [1.54, 1.807) is 0 Å². The van der Waals surface area contributed by atoms with Gasteiger partial charge in [0.1, 0.15) is 0 Å². The average Bonchev–Trinajstić information content (AvgIpc) is 3.10. The minimum Gasteiger partial charge on any atom is -0.167 e. The van der Waals surface area contributed by atoms with Crippen LogP contribution in [0.1, 0.15) is 26.5 Å². The second-order valence-electron chi connectivity index (χ2n) is 6.85. The minimum absolute atomic E-state index is 0.170. The Bertz CT molecular complexity index is 714. The fourth-order valence-corrected chi connectivity index (χ4v) is 12.6. The number of aromatic nitrogens is 2. The van der Waals surface area contributed by atoms with Crippen molar-refractivity contribution in [3.05, 3.63) is 71.7 Å². The molecule has 2 aromatic carbocycles. The molecule has 3 aromatic rings. The molecule has 0 radical (unpaired) electrons. The Hall–Kier alpha value is -1.43. The van der Waals surface area contributed by atoms with Crippen LogP contribution in [-0.2, 0) is 5.75 Å². The molecule has 0 fully saturated rings. The van der Waals surface area contributed by atoms with Gasteiger partial charge in [0.2, 0.25) is 0 Å². The summed E-state index contributed by atoms with van der Waals surface area (Å²) in [5.41, 5.74) is 1.08. The Kier molecular flexibility index (Phi) is 5.23. The van der Waals surface area contributed by atoms with E-state index in [4.69, 9.17) is 0 Å². The third-order valence-corrected chi connectivity index (χ3v) is 15.1. The molecule has 0 spiro atoms. The van der Waals surface area contributed by atoms with Gasteiger partial charge in [-0.25, -0.2) is 0 Å². The lowest BCUT2D eigenvalue weighted by Crippen LogP contribution is -2.61. The zero-order valence-electron chi connectivity index (χ0n) is 14.3. The highest BCUT2D eigenvalue weighted by Crippen LogP contribution is 2.44. The van der Waals surface area contributed by atoms with E-state index in [1.807, 2.05) is 0 Å². The summed E-state index contributed by atoms with van der Waals surface area (Å²) in [7, 11) is -2.05. The molecule has 0 atom stereocenters. The molecule has 124 valence electrons. The van der Waals surface area contributed by atoms with Crippen LogP contribution in [-0.4, -0.2) is 16.8 Å². The molecule has 3 rings (SSSR count). The molecule has 24 heavy (non-hydrogen) atoms. The zero-order valence-corrected chi connectivity index (χ0v) is 16.9. The Morgan fingerprint density at radius 2 is 1.46 bits per heavy atom. The highest BCUT2D eigenvalue weighted by Gasteiger charge is 2.48. The van der Waals surface area contributed by atoms with Gasteiger partial charge in [-0.2, -0.15) is 11.2 Å². The Labute approximate surface area is 153 Å². The first-order valence-electron chi connectivity index (χ1n) is 8.05. The van der Waals surface area contributed by atoms with Gasteiger partial charge >= 0.3 is 0 Å². The third kappa shape index (κ3) is 3.34. The van der Waals surface area contributed by atoms with Gasteiger partial charge in [0.25, 0.3) is 0 Å². The molecule has 1 heterocycles. The quantitative estimate of drug-likeness (QED) is 0.625. The molecule has 0 amide bonds. The molecule has 0 bridgehead atoms. The van der Waals surface area contributed by atoms with Crippen LogP contribution >= 0.6 is 22.7 Å². The van der Waals surface area contributed by atoms with Gasteiger partial charge in [0.05, 0.1) is 5.69 Å². The molecular formula is C19H22N2S2Si. The van der Waals surface area contributed by atoms with E-state index in [-0.39, 0.29) is 5.04 Å². The summed E-state index contributed by atoms with van der Waals surface area (Å²) >= 11 is 3.51. The summed E-state index contributed by atoms with van der Waals surface area (Å²) in [4.78, 5) is 0. The van der Waals surface area contributed by atoms with Crippen LogP contribution in [0.3, 0.4) is 0 Å². The van der Waals surface area contributed by atoms with E-state index in [2.05, 4.69) is 108 Å². The number of hydrogen-bond donors (Lipinski definition) is 0. The fraction of sp³-hybridized carbons (Fsp3) is 0.263. The second-order valence-corrected chi connectivity index (χ2v) is 14.8. The first-order valence-corrected chi connectivity index (χ1v) is 12.6. The fourth-order valence-electron chi connectivity index (χ4n) is 3.19.